The van der Waals surface area contributed by atoms with Crippen LogP contribution in [-0.4, -0.2) is 17.6 Å². The van der Waals surface area contributed by atoms with Crippen molar-refractivity contribution < 1.29 is 9.53 Å². The molecular formula is C31H30N2O2. The molecule has 1 unspecified atom stereocenters. The maximum atomic E-state index is 13.9. The Kier molecular flexibility index (Phi) is 5.25. The number of nitrogens with zero attached hydrogens (tertiary/aromatic N) is 2. The Balaban J connectivity index is 1.64. The van der Waals surface area contributed by atoms with Crippen LogP contribution in [0.4, 0.5) is 5.69 Å². The smallest absolute Gasteiger partial charge is 0.255 e. The average molecular weight is 463 g/mol. The lowest BCUT2D eigenvalue weighted by molar-refractivity contribution is -0.115. The Morgan fingerprint density at radius 3 is 2.34 bits per heavy atom. The number of para-hydroxylation sites is 1. The van der Waals surface area contributed by atoms with E-state index in [1.807, 2.05) is 29.2 Å². The van der Waals surface area contributed by atoms with Gasteiger partial charge in [0.25, 0.3) is 5.91 Å². The van der Waals surface area contributed by atoms with Crippen LogP contribution in [0.15, 0.2) is 83.9 Å². The molecule has 0 saturated heterocycles. The lowest BCUT2D eigenvalue weighted by Crippen LogP contribution is -2.30. The molecule has 1 aliphatic carbocycles. The van der Waals surface area contributed by atoms with Gasteiger partial charge in [-0.05, 0) is 74.1 Å². The van der Waals surface area contributed by atoms with Crippen LogP contribution in [0, 0.1) is 6.92 Å². The fraction of sp³-hybridized carbons (Fsp3) is 0.258. The van der Waals surface area contributed by atoms with Gasteiger partial charge in [-0.3, -0.25) is 9.69 Å². The molecule has 2 heterocycles. The van der Waals surface area contributed by atoms with Crippen molar-refractivity contribution in [3.8, 4) is 17.0 Å². The minimum absolute atomic E-state index is 0.117. The van der Waals surface area contributed by atoms with Crippen molar-refractivity contribution in [2.75, 3.05) is 12.0 Å². The van der Waals surface area contributed by atoms with Crippen molar-refractivity contribution in [2.24, 2.45) is 7.05 Å². The molecule has 0 fully saturated rings. The van der Waals surface area contributed by atoms with E-state index in [1.165, 1.54) is 38.9 Å². The highest BCUT2D eigenvalue weighted by Crippen LogP contribution is 2.51. The summed E-state index contributed by atoms with van der Waals surface area (Å²) in [5.41, 5.74) is 9.23. The standard InChI is InChI=1S/C31H30N2O2/c1-20-12-14-21(15-13-20)29-28(26-10-6-7-11-27(26)32(29)2)30-24-8-4-5-9-25(24)31(34)33(30)22-16-18-23(35-3)19-17-22/h6-7,10-19,30H,4-5,8-9H2,1-3H3. The topological polar surface area (TPSA) is 34.5 Å². The summed E-state index contributed by atoms with van der Waals surface area (Å²) in [5, 5.41) is 1.21. The van der Waals surface area contributed by atoms with Crippen molar-refractivity contribution in [3.63, 3.8) is 0 Å². The number of rotatable bonds is 4. The largest absolute Gasteiger partial charge is 0.497 e. The van der Waals surface area contributed by atoms with E-state index in [4.69, 9.17) is 4.74 Å². The second-order valence-corrected chi connectivity index (χ2v) is 9.69. The summed E-state index contributed by atoms with van der Waals surface area (Å²) >= 11 is 0. The van der Waals surface area contributed by atoms with E-state index in [0.717, 1.165) is 42.7 Å². The second kappa shape index (κ2) is 8.46. The summed E-state index contributed by atoms with van der Waals surface area (Å²) in [4.78, 5) is 16.0. The molecule has 6 rings (SSSR count). The first-order chi connectivity index (χ1) is 17.1. The van der Waals surface area contributed by atoms with E-state index in [0.29, 0.717) is 0 Å². The number of ether oxygens (including phenoxy) is 1. The van der Waals surface area contributed by atoms with Gasteiger partial charge < -0.3 is 9.30 Å². The van der Waals surface area contributed by atoms with Crippen molar-refractivity contribution >= 4 is 22.5 Å². The first kappa shape index (κ1) is 21.7. The van der Waals surface area contributed by atoms with Crippen LogP contribution in [0.1, 0.15) is 42.9 Å². The molecular weight excluding hydrogens is 432 g/mol. The van der Waals surface area contributed by atoms with Crippen molar-refractivity contribution in [1.29, 1.82) is 0 Å². The molecule has 4 aromatic rings. The van der Waals surface area contributed by atoms with Gasteiger partial charge in [0.1, 0.15) is 5.75 Å². The second-order valence-electron chi connectivity index (χ2n) is 9.69. The Morgan fingerprint density at radius 1 is 0.886 bits per heavy atom. The number of methoxy groups -OCH3 is 1. The zero-order chi connectivity index (χ0) is 24.1. The third kappa shape index (κ3) is 3.39. The number of fused-ring (bicyclic) bond motifs is 1. The molecule has 0 spiro atoms. The van der Waals surface area contributed by atoms with Gasteiger partial charge in [-0.1, -0.05) is 48.0 Å². The summed E-state index contributed by atoms with van der Waals surface area (Å²) in [6.07, 6.45) is 4.04. The normalized spacial score (nSPS) is 17.9. The minimum atomic E-state index is -0.117. The van der Waals surface area contributed by atoms with E-state index < -0.39 is 0 Å². The van der Waals surface area contributed by atoms with Gasteiger partial charge in [0.15, 0.2) is 0 Å². The summed E-state index contributed by atoms with van der Waals surface area (Å²) in [6.45, 7) is 2.12. The number of anilines is 1. The molecule has 1 aromatic heterocycles. The summed E-state index contributed by atoms with van der Waals surface area (Å²) in [5.74, 6) is 0.942. The highest BCUT2D eigenvalue weighted by molar-refractivity contribution is 6.11. The molecule has 0 radical (unpaired) electrons. The first-order valence-electron chi connectivity index (χ1n) is 12.4. The number of amides is 1. The minimum Gasteiger partial charge on any atom is -0.497 e. The lowest BCUT2D eigenvalue weighted by atomic mass is 9.86. The number of hydrogen-bond donors (Lipinski definition) is 0. The molecule has 1 atom stereocenters. The molecule has 1 aliphatic heterocycles. The van der Waals surface area contributed by atoms with E-state index in [2.05, 4.69) is 67.1 Å². The zero-order valence-corrected chi connectivity index (χ0v) is 20.5. The molecule has 4 heteroatoms. The van der Waals surface area contributed by atoms with Crippen LogP contribution in [-0.2, 0) is 11.8 Å². The Morgan fingerprint density at radius 2 is 1.60 bits per heavy atom. The van der Waals surface area contributed by atoms with Crippen LogP contribution in [0.2, 0.25) is 0 Å². The highest BCUT2D eigenvalue weighted by atomic mass is 16.5. The molecule has 176 valence electrons. The van der Waals surface area contributed by atoms with Gasteiger partial charge in [0.2, 0.25) is 0 Å². The van der Waals surface area contributed by atoms with Crippen LogP contribution >= 0.6 is 0 Å². The number of carbonyl (C=O) groups is 1. The van der Waals surface area contributed by atoms with E-state index in [-0.39, 0.29) is 11.9 Å². The van der Waals surface area contributed by atoms with E-state index >= 15 is 0 Å². The third-order valence-electron chi connectivity index (χ3n) is 7.67. The maximum absolute atomic E-state index is 13.9. The fourth-order valence-electron chi connectivity index (χ4n) is 5.97. The van der Waals surface area contributed by atoms with Crippen molar-refractivity contribution in [3.05, 3.63) is 95.1 Å². The summed E-state index contributed by atoms with van der Waals surface area (Å²) in [6, 6.07) is 25.1. The SMILES string of the molecule is COc1ccc(N2C(=O)C3=C(CCCC3)C2c2c(-c3ccc(C)cc3)n(C)c3ccccc23)cc1. The fourth-order valence-corrected chi connectivity index (χ4v) is 5.97. The van der Waals surface area contributed by atoms with Gasteiger partial charge in [-0.25, -0.2) is 0 Å². The summed E-state index contributed by atoms with van der Waals surface area (Å²) in [7, 11) is 3.81. The van der Waals surface area contributed by atoms with Crippen LogP contribution in [0.5, 0.6) is 5.75 Å². The quantitative estimate of drug-likeness (QED) is 0.324. The first-order valence-corrected chi connectivity index (χ1v) is 12.4. The molecule has 4 nitrogen and oxygen atoms in total. The molecule has 0 N–H and O–H groups in total. The van der Waals surface area contributed by atoms with Gasteiger partial charge in [-0.2, -0.15) is 0 Å². The molecule has 0 bridgehead atoms. The summed E-state index contributed by atoms with van der Waals surface area (Å²) < 4.78 is 7.69. The predicted molar refractivity (Wildman–Crippen MR) is 142 cm³/mol. The Bertz CT molecular complexity index is 1460. The average Bonchev–Trinajstić information content (AvgIpc) is 3.35. The number of benzene rings is 3. The van der Waals surface area contributed by atoms with Crippen LogP contribution < -0.4 is 9.64 Å². The van der Waals surface area contributed by atoms with Gasteiger partial charge in [-0.15, -0.1) is 0 Å². The van der Waals surface area contributed by atoms with E-state index in [1.54, 1.807) is 7.11 Å². The zero-order valence-electron chi connectivity index (χ0n) is 20.5. The predicted octanol–water partition coefficient (Wildman–Crippen LogP) is 7.12. The number of carbonyl (C=O) groups excluding carboxylic acids is 1. The van der Waals surface area contributed by atoms with Gasteiger partial charge in [0, 0.05) is 34.8 Å². The van der Waals surface area contributed by atoms with Crippen molar-refractivity contribution in [1.82, 2.24) is 4.57 Å². The van der Waals surface area contributed by atoms with Gasteiger partial charge >= 0.3 is 0 Å². The monoisotopic (exact) mass is 462 g/mol. The molecule has 3 aromatic carbocycles. The molecule has 0 saturated carbocycles. The number of hydrogen-bond acceptors (Lipinski definition) is 2. The Hall–Kier alpha value is -3.79. The lowest BCUT2D eigenvalue weighted by Gasteiger charge is -2.29. The Labute approximate surface area is 206 Å². The number of aryl methyl sites for hydroxylation is 2. The third-order valence-corrected chi connectivity index (χ3v) is 7.67. The number of aromatic nitrogens is 1. The van der Waals surface area contributed by atoms with Crippen molar-refractivity contribution in [2.45, 2.75) is 38.6 Å². The van der Waals surface area contributed by atoms with Crippen LogP contribution in [0.3, 0.4) is 0 Å². The maximum Gasteiger partial charge on any atom is 0.255 e. The molecule has 35 heavy (non-hydrogen) atoms. The van der Waals surface area contributed by atoms with E-state index in [9.17, 15) is 4.79 Å². The highest BCUT2D eigenvalue weighted by Gasteiger charge is 2.43. The van der Waals surface area contributed by atoms with Crippen LogP contribution in [0.25, 0.3) is 22.2 Å². The van der Waals surface area contributed by atoms with Gasteiger partial charge in [0.05, 0.1) is 18.8 Å². The molecule has 2 aliphatic rings. The molecule has 1 amide bonds.